The Morgan fingerprint density at radius 3 is 3.18 bits per heavy atom. The van der Waals surface area contributed by atoms with E-state index in [4.69, 9.17) is 4.42 Å². The van der Waals surface area contributed by atoms with Crippen LogP contribution < -0.4 is 5.32 Å². The van der Waals surface area contributed by atoms with E-state index in [9.17, 15) is 0 Å². The highest BCUT2D eigenvalue weighted by Crippen LogP contribution is 2.26. The van der Waals surface area contributed by atoms with Crippen LogP contribution >= 0.6 is 0 Å². The average molecular weight is 231 g/mol. The van der Waals surface area contributed by atoms with Gasteiger partial charge < -0.3 is 14.3 Å². The summed E-state index contributed by atoms with van der Waals surface area (Å²) < 4.78 is 7.88. The Morgan fingerprint density at radius 2 is 2.47 bits per heavy atom. The van der Waals surface area contributed by atoms with Crippen molar-refractivity contribution in [2.75, 3.05) is 13.1 Å². The van der Waals surface area contributed by atoms with Crippen molar-refractivity contribution in [3.8, 4) is 11.6 Å². The van der Waals surface area contributed by atoms with Crippen LogP contribution in [0.5, 0.6) is 0 Å². The summed E-state index contributed by atoms with van der Waals surface area (Å²) in [6.45, 7) is 4.08. The highest BCUT2D eigenvalue weighted by molar-refractivity contribution is 5.48. The maximum Gasteiger partial charge on any atom is 0.243 e. The van der Waals surface area contributed by atoms with E-state index in [2.05, 4.69) is 33.2 Å². The summed E-state index contributed by atoms with van der Waals surface area (Å²) in [6, 6.07) is 4.64. The first-order valence-electron chi connectivity index (χ1n) is 6.15. The molecule has 0 unspecified atom stereocenters. The molecule has 1 aliphatic heterocycles. The monoisotopic (exact) mass is 231 g/mol. The van der Waals surface area contributed by atoms with E-state index in [0.29, 0.717) is 6.04 Å². The Kier molecular flexibility index (Phi) is 2.73. The fourth-order valence-corrected chi connectivity index (χ4v) is 2.44. The molecule has 0 aliphatic carbocycles. The standard InChI is InChI=1S/C13H17N3O/c1-10-8-15-13(17-10)12-5-3-7-16(12)11-4-2-6-14-9-11/h3,5,7-8,11,14H,2,4,6,9H2,1H3/t11-/m1/s1. The predicted molar refractivity (Wildman–Crippen MR) is 65.8 cm³/mol. The van der Waals surface area contributed by atoms with Crippen LogP contribution in [0.3, 0.4) is 0 Å². The Morgan fingerprint density at radius 1 is 1.53 bits per heavy atom. The van der Waals surface area contributed by atoms with E-state index in [1.54, 1.807) is 6.20 Å². The number of hydrogen-bond acceptors (Lipinski definition) is 3. The van der Waals surface area contributed by atoms with Crippen LogP contribution in [0.1, 0.15) is 24.6 Å². The number of aromatic nitrogens is 2. The number of aryl methyl sites for hydroxylation is 1. The third kappa shape index (κ3) is 2.00. The lowest BCUT2D eigenvalue weighted by molar-refractivity contribution is 0.372. The Bertz CT molecular complexity index is 494. The number of rotatable bonds is 2. The van der Waals surface area contributed by atoms with Gasteiger partial charge in [0.25, 0.3) is 0 Å². The molecule has 1 N–H and O–H groups in total. The average Bonchev–Trinajstić information content (AvgIpc) is 2.98. The zero-order valence-corrected chi connectivity index (χ0v) is 10.0. The molecule has 1 atom stereocenters. The molecule has 0 amide bonds. The zero-order valence-electron chi connectivity index (χ0n) is 10.0. The molecule has 1 aliphatic rings. The third-order valence-electron chi connectivity index (χ3n) is 3.28. The van der Waals surface area contributed by atoms with E-state index in [0.717, 1.165) is 30.4 Å². The van der Waals surface area contributed by atoms with Crippen molar-refractivity contribution < 1.29 is 4.42 Å². The molecule has 4 heteroatoms. The second kappa shape index (κ2) is 4.37. The first-order chi connectivity index (χ1) is 8.34. The van der Waals surface area contributed by atoms with Gasteiger partial charge in [0.1, 0.15) is 11.5 Å². The number of piperidine rings is 1. The summed E-state index contributed by atoms with van der Waals surface area (Å²) in [5.41, 5.74) is 1.08. The first kappa shape index (κ1) is 10.6. The molecule has 90 valence electrons. The molecule has 1 saturated heterocycles. The van der Waals surface area contributed by atoms with Crippen molar-refractivity contribution in [3.63, 3.8) is 0 Å². The van der Waals surface area contributed by atoms with Crippen molar-refractivity contribution >= 4 is 0 Å². The van der Waals surface area contributed by atoms with Gasteiger partial charge in [-0.05, 0) is 38.4 Å². The molecule has 0 spiro atoms. The second-order valence-electron chi connectivity index (χ2n) is 4.58. The summed E-state index contributed by atoms with van der Waals surface area (Å²) in [5.74, 6) is 1.58. The fraction of sp³-hybridized carbons (Fsp3) is 0.462. The van der Waals surface area contributed by atoms with Gasteiger partial charge in [-0.1, -0.05) is 0 Å². The van der Waals surface area contributed by atoms with Gasteiger partial charge in [-0.2, -0.15) is 0 Å². The SMILES string of the molecule is Cc1cnc(-c2cccn2[C@@H]2CCCNC2)o1. The number of nitrogens with one attached hydrogen (secondary N) is 1. The molecule has 2 aromatic heterocycles. The lowest BCUT2D eigenvalue weighted by atomic mass is 10.1. The molecule has 0 radical (unpaired) electrons. The van der Waals surface area contributed by atoms with Crippen molar-refractivity contribution in [1.82, 2.24) is 14.9 Å². The molecule has 0 saturated carbocycles. The maximum absolute atomic E-state index is 5.61. The lowest BCUT2D eigenvalue weighted by Crippen LogP contribution is -2.31. The molecular weight excluding hydrogens is 214 g/mol. The Hall–Kier alpha value is -1.55. The van der Waals surface area contributed by atoms with Crippen LogP contribution in [0.15, 0.2) is 28.9 Å². The highest BCUT2D eigenvalue weighted by Gasteiger charge is 2.19. The molecule has 3 rings (SSSR count). The molecule has 3 heterocycles. The van der Waals surface area contributed by atoms with Crippen LogP contribution in [-0.4, -0.2) is 22.6 Å². The van der Waals surface area contributed by atoms with Crippen LogP contribution in [-0.2, 0) is 0 Å². The number of oxazole rings is 1. The summed E-state index contributed by atoms with van der Waals surface area (Å²) in [4.78, 5) is 4.31. The fourth-order valence-electron chi connectivity index (χ4n) is 2.44. The van der Waals surface area contributed by atoms with E-state index in [1.165, 1.54) is 12.8 Å². The van der Waals surface area contributed by atoms with Gasteiger partial charge in [-0.15, -0.1) is 0 Å². The third-order valence-corrected chi connectivity index (χ3v) is 3.28. The van der Waals surface area contributed by atoms with Crippen molar-refractivity contribution in [2.24, 2.45) is 0 Å². The largest absolute Gasteiger partial charge is 0.440 e. The molecule has 2 aromatic rings. The predicted octanol–water partition coefficient (Wildman–Crippen LogP) is 2.38. The van der Waals surface area contributed by atoms with E-state index < -0.39 is 0 Å². The topological polar surface area (TPSA) is 43.0 Å². The molecular formula is C13H17N3O. The van der Waals surface area contributed by atoms with Gasteiger partial charge in [-0.25, -0.2) is 4.98 Å². The van der Waals surface area contributed by atoms with Crippen LogP contribution in [0.2, 0.25) is 0 Å². The van der Waals surface area contributed by atoms with Gasteiger partial charge >= 0.3 is 0 Å². The van der Waals surface area contributed by atoms with Gasteiger partial charge in [0.2, 0.25) is 5.89 Å². The molecule has 0 bridgehead atoms. The lowest BCUT2D eigenvalue weighted by Gasteiger charge is -2.25. The summed E-state index contributed by atoms with van der Waals surface area (Å²) in [5, 5.41) is 3.44. The first-order valence-corrected chi connectivity index (χ1v) is 6.15. The summed E-state index contributed by atoms with van der Waals surface area (Å²) in [6.07, 6.45) is 6.33. The maximum atomic E-state index is 5.61. The van der Waals surface area contributed by atoms with Gasteiger partial charge in [0.05, 0.1) is 6.20 Å². The van der Waals surface area contributed by atoms with Crippen molar-refractivity contribution in [2.45, 2.75) is 25.8 Å². The van der Waals surface area contributed by atoms with Gasteiger partial charge in [-0.3, -0.25) is 0 Å². The normalized spacial score (nSPS) is 20.6. The Labute approximate surface area is 101 Å². The molecule has 4 nitrogen and oxygen atoms in total. The molecule has 0 aromatic carbocycles. The second-order valence-corrected chi connectivity index (χ2v) is 4.58. The van der Waals surface area contributed by atoms with Crippen molar-refractivity contribution in [3.05, 3.63) is 30.3 Å². The van der Waals surface area contributed by atoms with E-state index in [-0.39, 0.29) is 0 Å². The van der Waals surface area contributed by atoms with Crippen LogP contribution in [0.4, 0.5) is 0 Å². The van der Waals surface area contributed by atoms with Crippen LogP contribution in [0.25, 0.3) is 11.6 Å². The minimum absolute atomic E-state index is 0.515. The highest BCUT2D eigenvalue weighted by atomic mass is 16.4. The number of nitrogens with zero attached hydrogens (tertiary/aromatic N) is 2. The van der Waals surface area contributed by atoms with E-state index >= 15 is 0 Å². The van der Waals surface area contributed by atoms with Crippen molar-refractivity contribution in [1.29, 1.82) is 0 Å². The van der Waals surface area contributed by atoms with Gasteiger partial charge in [0, 0.05) is 18.8 Å². The smallest absolute Gasteiger partial charge is 0.243 e. The zero-order chi connectivity index (χ0) is 11.7. The minimum atomic E-state index is 0.515. The summed E-state index contributed by atoms with van der Waals surface area (Å²) >= 11 is 0. The minimum Gasteiger partial charge on any atom is -0.440 e. The number of hydrogen-bond donors (Lipinski definition) is 1. The van der Waals surface area contributed by atoms with E-state index in [1.807, 2.05) is 6.92 Å². The van der Waals surface area contributed by atoms with Gasteiger partial charge in [0.15, 0.2) is 0 Å². The van der Waals surface area contributed by atoms with Crippen LogP contribution in [0, 0.1) is 6.92 Å². The molecule has 17 heavy (non-hydrogen) atoms. The summed E-state index contributed by atoms with van der Waals surface area (Å²) in [7, 11) is 0. The Balaban J connectivity index is 1.93. The quantitative estimate of drug-likeness (QED) is 0.863. The molecule has 1 fully saturated rings.